The van der Waals surface area contributed by atoms with Crippen molar-refractivity contribution in [2.75, 3.05) is 6.54 Å². The van der Waals surface area contributed by atoms with Gasteiger partial charge in [-0.2, -0.15) is 0 Å². The standard InChI is InChI=1S/C13H15BFN3OS/c1-12(2)16-11(20)18(17-12)7-13(10(14)19-13)8-4-3-5-9(15)6-8/h3-6,10,17H,7H2,1-2H3,(H,16,20). The van der Waals surface area contributed by atoms with Gasteiger partial charge in [0.1, 0.15) is 24.9 Å². The number of hydrogen-bond donors (Lipinski definition) is 2. The van der Waals surface area contributed by atoms with E-state index in [0.29, 0.717) is 11.7 Å². The second-order valence-electron chi connectivity index (χ2n) is 5.69. The average Bonchev–Trinajstić information content (AvgIpc) is 2.90. The fraction of sp³-hybridized carbons (Fsp3) is 0.462. The SMILES string of the molecule is [B]C1OC1(CN1NC(C)(C)NC1=S)c1cccc(F)c1. The topological polar surface area (TPSA) is 39.8 Å². The number of nitrogens with one attached hydrogen (secondary N) is 2. The number of ether oxygens (including phenoxy) is 1. The van der Waals surface area contributed by atoms with E-state index in [1.807, 2.05) is 19.9 Å². The Hall–Kier alpha value is -1.18. The van der Waals surface area contributed by atoms with Crippen LogP contribution in [0.25, 0.3) is 0 Å². The normalized spacial score (nSPS) is 31.2. The van der Waals surface area contributed by atoms with Crippen LogP contribution in [0.3, 0.4) is 0 Å². The lowest BCUT2D eigenvalue weighted by atomic mass is 9.85. The van der Waals surface area contributed by atoms with E-state index in [1.54, 1.807) is 11.1 Å². The van der Waals surface area contributed by atoms with Crippen LogP contribution < -0.4 is 10.7 Å². The van der Waals surface area contributed by atoms with Crippen LogP contribution in [-0.4, -0.2) is 36.2 Å². The van der Waals surface area contributed by atoms with E-state index in [-0.39, 0.29) is 11.5 Å². The van der Waals surface area contributed by atoms with Crippen molar-refractivity contribution < 1.29 is 9.13 Å². The lowest BCUT2D eigenvalue weighted by Gasteiger charge is -2.24. The van der Waals surface area contributed by atoms with E-state index < -0.39 is 11.6 Å². The number of hydrogen-bond acceptors (Lipinski definition) is 3. The number of rotatable bonds is 3. The predicted octanol–water partition coefficient (Wildman–Crippen LogP) is 0.977. The van der Waals surface area contributed by atoms with Crippen LogP contribution in [0.1, 0.15) is 19.4 Å². The Balaban J connectivity index is 1.83. The van der Waals surface area contributed by atoms with Gasteiger partial charge < -0.3 is 10.1 Å². The molecule has 2 unspecified atom stereocenters. The minimum absolute atomic E-state index is 0.306. The highest BCUT2D eigenvalue weighted by Crippen LogP contribution is 2.45. The van der Waals surface area contributed by atoms with E-state index >= 15 is 0 Å². The molecule has 0 aliphatic carbocycles. The summed E-state index contributed by atoms with van der Waals surface area (Å²) < 4.78 is 19.0. The predicted molar refractivity (Wildman–Crippen MR) is 78.4 cm³/mol. The second-order valence-corrected chi connectivity index (χ2v) is 6.08. The first-order chi connectivity index (χ1) is 9.32. The van der Waals surface area contributed by atoms with Crippen molar-refractivity contribution in [3.05, 3.63) is 35.6 Å². The van der Waals surface area contributed by atoms with Gasteiger partial charge in [-0.05, 0) is 43.8 Å². The summed E-state index contributed by atoms with van der Waals surface area (Å²) in [7, 11) is 5.91. The summed E-state index contributed by atoms with van der Waals surface area (Å²) in [6.07, 6.45) is 0. The van der Waals surface area contributed by atoms with E-state index in [2.05, 4.69) is 10.7 Å². The molecular weight excluding hydrogens is 276 g/mol. The summed E-state index contributed by atoms with van der Waals surface area (Å²) in [5.41, 5.74) is 2.91. The average molecular weight is 291 g/mol. The molecule has 2 aliphatic heterocycles. The number of epoxide rings is 1. The first-order valence-corrected chi connectivity index (χ1v) is 6.80. The van der Waals surface area contributed by atoms with Gasteiger partial charge in [-0.3, -0.25) is 5.01 Å². The monoisotopic (exact) mass is 291 g/mol. The molecular formula is C13H15BFN3OS. The molecule has 2 atom stereocenters. The van der Waals surface area contributed by atoms with Crippen molar-refractivity contribution in [1.82, 2.24) is 15.8 Å². The summed E-state index contributed by atoms with van der Waals surface area (Å²) >= 11 is 5.28. The zero-order valence-corrected chi connectivity index (χ0v) is 12.1. The molecule has 2 heterocycles. The maximum Gasteiger partial charge on any atom is 0.185 e. The summed E-state index contributed by atoms with van der Waals surface area (Å²) in [6, 6.07) is 5.85. The maximum absolute atomic E-state index is 13.4. The minimum atomic E-state index is -0.721. The molecule has 2 fully saturated rings. The molecule has 104 valence electrons. The highest BCUT2D eigenvalue weighted by Gasteiger charge is 2.56. The Morgan fingerprint density at radius 3 is 2.70 bits per heavy atom. The molecule has 0 saturated carbocycles. The number of benzene rings is 1. The van der Waals surface area contributed by atoms with Crippen LogP contribution >= 0.6 is 12.2 Å². The van der Waals surface area contributed by atoms with Gasteiger partial charge in [0.25, 0.3) is 0 Å². The third kappa shape index (κ3) is 2.30. The van der Waals surface area contributed by atoms with E-state index in [0.717, 1.165) is 5.56 Å². The molecule has 2 saturated heterocycles. The molecule has 0 aromatic heterocycles. The highest BCUT2D eigenvalue weighted by atomic mass is 32.1. The molecule has 0 spiro atoms. The van der Waals surface area contributed by atoms with Crippen LogP contribution in [0.2, 0.25) is 0 Å². The van der Waals surface area contributed by atoms with Crippen LogP contribution in [0, 0.1) is 5.82 Å². The first-order valence-electron chi connectivity index (χ1n) is 6.39. The third-order valence-electron chi connectivity index (χ3n) is 3.52. The van der Waals surface area contributed by atoms with Crippen molar-refractivity contribution in [2.24, 2.45) is 0 Å². The van der Waals surface area contributed by atoms with Gasteiger partial charge in [-0.25, -0.2) is 9.82 Å². The number of nitrogens with zero attached hydrogens (tertiary/aromatic N) is 1. The van der Waals surface area contributed by atoms with Crippen molar-refractivity contribution in [3.8, 4) is 0 Å². The van der Waals surface area contributed by atoms with Gasteiger partial charge in [-0.1, -0.05) is 12.1 Å². The highest BCUT2D eigenvalue weighted by molar-refractivity contribution is 7.80. The lowest BCUT2D eigenvalue weighted by molar-refractivity contribution is 0.186. The zero-order valence-electron chi connectivity index (χ0n) is 11.3. The van der Waals surface area contributed by atoms with Gasteiger partial charge in [-0.15, -0.1) is 0 Å². The van der Waals surface area contributed by atoms with Crippen molar-refractivity contribution in [3.63, 3.8) is 0 Å². The molecule has 3 rings (SSSR count). The quantitative estimate of drug-likeness (QED) is 0.493. The van der Waals surface area contributed by atoms with Crippen molar-refractivity contribution >= 4 is 25.2 Å². The van der Waals surface area contributed by atoms with Gasteiger partial charge in [0.05, 0.1) is 12.5 Å². The summed E-state index contributed by atoms with van der Waals surface area (Å²) in [6.45, 7) is 4.37. The van der Waals surface area contributed by atoms with Gasteiger partial charge in [0.2, 0.25) is 0 Å². The number of hydrazine groups is 1. The van der Waals surface area contributed by atoms with E-state index in [4.69, 9.17) is 24.8 Å². The molecule has 2 radical (unpaired) electrons. The molecule has 1 aromatic carbocycles. The Kier molecular flexibility index (Phi) is 3.04. The molecule has 4 nitrogen and oxygen atoms in total. The molecule has 1 aromatic rings. The van der Waals surface area contributed by atoms with Crippen molar-refractivity contribution in [1.29, 1.82) is 0 Å². The summed E-state index contributed by atoms with van der Waals surface area (Å²) in [4.78, 5) is 0. The molecule has 2 N–H and O–H groups in total. The molecule has 0 bridgehead atoms. The largest absolute Gasteiger partial charge is 0.370 e. The molecule has 0 amide bonds. The fourth-order valence-corrected chi connectivity index (χ4v) is 2.86. The Labute approximate surface area is 124 Å². The fourth-order valence-electron chi connectivity index (χ4n) is 2.49. The molecule has 20 heavy (non-hydrogen) atoms. The van der Waals surface area contributed by atoms with Crippen LogP contribution in [-0.2, 0) is 10.3 Å². The Morgan fingerprint density at radius 2 is 2.20 bits per heavy atom. The van der Waals surface area contributed by atoms with Crippen LogP contribution in [0.4, 0.5) is 4.39 Å². The van der Waals surface area contributed by atoms with Gasteiger partial charge in [0, 0.05) is 0 Å². The minimum Gasteiger partial charge on any atom is -0.370 e. The smallest absolute Gasteiger partial charge is 0.185 e. The third-order valence-corrected chi connectivity index (χ3v) is 3.85. The Bertz CT molecular complexity index is 570. The van der Waals surface area contributed by atoms with Crippen molar-refractivity contribution in [2.45, 2.75) is 31.1 Å². The zero-order chi connectivity index (χ0) is 14.5. The lowest BCUT2D eigenvalue weighted by Crippen LogP contribution is -2.47. The number of halogens is 1. The number of thiocarbonyl (C=S) groups is 1. The Morgan fingerprint density at radius 1 is 1.50 bits per heavy atom. The van der Waals surface area contributed by atoms with Gasteiger partial charge >= 0.3 is 0 Å². The maximum atomic E-state index is 13.4. The van der Waals surface area contributed by atoms with E-state index in [9.17, 15) is 4.39 Å². The van der Waals surface area contributed by atoms with Gasteiger partial charge in [0.15, 0.2) is 5.11 Å². The summed E-state index contributed by atoms with van der Waals surface area (Å²) in [5.74, 6) is -0.306. The van der Waals surface area contributed by atoms with E-state index in [1.165, 1.54) is 12.1 Å². The molecule has 7 heteroatoms. The summed E-state index contributed by atoms with van der Waals surface area (Å²) in [5, 5.41) is 5.51. The first kappa shape index (κ1) is 13.8. The van der Waals surface area contributed by atoms with Crippen LogP contribution in [0.15, 0.2) is 24.3 Å². The molecule has 2 aliphatic rings. The van der Waals surface area contributed by atoms with Crippen LogP contribution in [0.5, 0.6) is 0 Å². The second kappa shape index (κ2) is 4.41.